The third-order valence-electron chi connectivity index (χ3n) is 3.28. The van der Waals surface area contributed by atoms with Crippen LogP contribution in [-0.4, -0.2) is 30.1 Å². The minimum atomic E-state index is -0.944. The Labute approximate surface area is 148 Å². The molecule has 2 aromatic carbocycles. The van der Waals surface area contributed by atoms with Gasteiger partial charge in [0.25, 0.3) is 0 Å². The normalized spacial score (nSPS) is 10.3. The molecule has 0 spiro atoms. The number of rotatable bonds is 6. The lowest BCUT2D eigenvalue weighted by Crippen LogP contribution is -2.37. The molecule has 134 valence electrons. The number of hydrazone groups is 1. The number of hydrogen-bond acceptors (Lipinski definition) is 6. The molecule has 0 heterocycles. The number of amides is 2. The first-order valence-electron chi connectivity index (χ1n) is 7.49. The Hall–Kier alpha value is -3.75. The molecule has 2 rings (SSSR count). The smallest absolute Gasteiger partial charge is 0.329 e. The summed E-state index contributed by atoms with van der Waals surface area (Å²) in [7, 11) is 1.32. The molecule has 0 saturated carbocycles. The molecule has 0 aliphatic carbocycles. The van der Waals surface area contributed by atoms with Gasteiger partial charge in [0.2, 0.25) is 0 Å². The fourth-order valence-electron chi connectivity index (χ4n) is 2.00. The fraction of sp³-hybridized carbons (Fsp3) is 0.118. The van der Waals surface area contributed by atoms with Crippen LogP contribution in [0.3, 0.4) is 0 Å². The summed E-state index contributed by atoms with van der Waals surface area (Å²) in [5, 5.41) is 17.0. The summed E-state index contributed by atoms with van der Waals surface area (Å²) >= 11 is 0. The Morgan fingerprint density at radius 1 is 1.19 bits per heavy atom. The van der Waals surface area contributed by atoms with E-state index in [1.165, 1.54) is 31.5 Å². The molecule has 0 radical (unpaired) electrons. The van der Waals surface area contributed by atoms with Crippen molar-refractivity contribution in [3.05, 3.63) is 69.8 Å². The molecule has 26 heavy (non-hydrogen) atoms. The molecular weight excluding hydrogens is 340 g/mol. The number of hydrogen-bond donors (Lipinski definition) is 2. The summed E-state index contributed by atoms with van der Waals surface area (Å²) in [6, 6.07) is 13.3. The minimum Gasteiger partial charge on any atom is -0.490 e. The standard InChI is InChI=1S/C17H16N4O5/c1-26-15-8-7-13(9-14(15)21(24)25)11-19-20-17(23)16(22)18-10-12-5-3-2-4-6-12/h2-9,11H,10H2,1H3,(H,18,22)(H,20,23). The Morgan fingerprint density at radius 3 is 2.58 bits per heavy atom. The molecule has 0 aliphatic heterocycles. The van der Waals surface area contributed by atoms with Crippen molar-refractivity contribution < 1.29 is 19.2 Å². The first kappa shape index (κ1) is 18.6. The monoisotopic (exact) mass is 356 g/mol. The zero-order valence-corrected chi connectivity index (χ0v) is 13.8. The zero-order valence-electron chi connectivity index (χ0n) is 13.8. The van der Waals surface area contributed by atoms with E-state index in [1.54, 1.807) is 0 Å². The molecule has 0 fully saturated rings. The van der Waals surface area contributed by atoms with Crippen molar-refractivity contribution in [2.45, 2.75) is 6.54 Å². The van der Waals surface area contributed by atoms with E-state index in [0.29, 0.717) is 5.56 Å². The Morgan fingerprint density at radius 2 is 1.92 bits per heavy atom. The van der Waals surface area contributed by atoms with Crippen LogP contribution in [0.2, 0.25) is 0 Å². The second kappa shape index (κ2) is 8.92. The van der Waals surface area contributed by atoms with Crippen LogP contribution in [0.1, 0.15) is 11.1 Å². The number of carbonyl (C=O) groups is 2. The predicted molar refractivity (Wildman–Crippen MR) is 93.7 cm³/mol. The number of nitrogens with zero attached hydrogens (tertiary/aromatic N) is 2. The van der Waals surface area contributed by atoms with Gasteiger partial charge in [0, 0.05) is 18.2 Å². The molecule has 9 nitrogen and oxygen atoms in total. The van der Waals surface area contributed by atoms with E-state index in [9.17, 15) is 19.7 Å². The van der Waals surface area contributed by atoms with Gasteiger partial charge in [-0.1, -0.05) is 30.3 Å². The number of nitro groups is 1. The van der Waals surface area contributed by atoms with Crippen LogP contribution < -0.4 is 15.5 Å². The highest BCUT2D eigenvalue weighted by molar-refractivity contribution is 6.35. The van der Waals surface area contributed by atoms with Gasteiger partial charge in [-0.3, -0.25) is 19.7 Å². The predicted octanol–water partition coefficient (Wildman–Crippen LogP) is 1.37. The van der Waals surface area contributed by atoms with Crippen molar-refractivity contribution in [3.63, 3.8) is 0 Å². The van der Waals surface area contributed by atoms with Crippen LogP contribution in [0, 0.1) is 10.1 Å². The van der Waals surface area contributed by atoms with E-state index in [4.69, 9.17) is 4.74 Å². The number of nitrogens with one attached hydrogen (secondary N) is 2. The van der Waals surface area contributed by atoms with Gasteiger partial charge >= 0.3 is 17.5 Å². The largest absolute Gasteiger partial charge is 0.490 e. The topological polar surface area (TPSA) is 123 Å². The zero-order chi connectivity index (χ0) is 18.9. The second-order valence-corrected chi connectivity index (χ2v) is 5.06. The minimum absolute atomic E-state index is 0.108. The van der Waals surface area contributed by atoms with E-state index >= 15 is 0 Å². The van der Waals surface area contributed by atoms with Crippen molar-refractivity contribution in [2.75, 3.05) is 7.11 Å². The van der Waals surface area contributed by atoms with Crippen molar-refractivity contribution in [1.82, 2.24) is 10.7 Å². The highest BCUT2D eigenvalue weighted by Gasteiger charge is 2.15. The molecule has 0 saturated heterocycles. The molecule has 2 aromatic rings. The third kappa shape index (κ3) is 5.13. The highest BCUT2D eigenvalue weighted by atomic mass is 16.6. The van der Waals surface area contributed by atoms with Gasteiger partial charge in [-0.25, -0.2) is 5.43 Å². The number of ether oxygens (including phenoxy) is 1. The number of carbonyl (C=O) groups excluding carboxylic acids is 2. The van der Waals surface area contributed by atoms with E-state index in [-0.39, 0.29) is 18.0 Å². The SMILES string of the molecule is COc1ccc(C=NNC(=O)C(=O)NCc2ccccc2)cc1[N+](=O)[O-]. The van der Waals surface area contributed by atoms with Crippen molar-refractivity contribution in [1.29, 1.82) is 0 Å². The van der Waals surface area contributed by atoms with Crippen LogP contribution in [0.25, 0.3) is 0 Å². The summed E-state index contributed by atoms with van der Waals surface area (Å²) in [5.74, 6) is -1.68. The average molecular weight is 356 g/mol. The molecule has 0 bridgehead atoms. The summed E-state index contributed by atoms with van der Waals surface area (Å²) in [6.07, 6.45) is 1.19. The van der Waals surface area contributed by atoms with Crippen molar-refractivity contribution in [3.8, 4) is 5.75 Å². The van der Waals surface area contributed by atoms with Gasteiger partial charge in [0.05, 0.1) is 18.2 Å². The van der Waals surface area contributed by atoms with Crippen molar-refractivity contribution >= 4 is 23.7 Å². The molecule has 0 atom stereocenters. The maximum absolute atomic E-state index is 11.7. The molecule has 2 amide bonds. The maximum atomic E-state index is 11.7. The molecule has 0 unspecified atom stereocenters. The number of nitro benzene ring substituents is 1. The quantitative estimate of drug-likeness (QED) is 0.350. The molecular formula is C17H16N4O5. The number of benzene rings is 2. The van der Waals surface area contributed by atoms with Crippen molar-refractivity contribution in [2.24, 2.45) is 5.10 Å². The molecule has 0 aromatic heterocycles. The van der Waals surface area contributed by atoms with E-state index in [2.05, 4.69) is 15.8 Å². The Bertz CT molecular complexity index is 836. The second-order valence-electron chi connectivity index (χ2n) is 5.06. The van der Waals surface area contributed by atoms with Gasteiger partial charge in [-0.05, 0) is 17.7 Å². The van der Waals surface area contributed by atoms with Crippen LogP contribution in [0.4, 0.5) is 5.69 Å². The highest BCUT2D eigenvalue weighted by Crippen LogP contribution is 2.26. The Kier molecular flexibility index (Phi) is 6.38. The molecule has 0 aliphatic rings. The molecule has 2 N–H and O–H groups in total. The maximum Gasteiger partial charge on any atom is 0.329 e. The fourth-order valence-corrected chi connectivity index (χ4v) is 2.00. The Balaban J connectivity index is 1.91. The lowest BCUT2D eigenvalue weighted by atomic mass is 10.2. The first-order chi connectivity index (χ1) is 12.5. The summed E-state index contributed by atoms with van der Waals surface area (Å²) in [4.78, 5) is 33.7. The van der Waals surface area contributed by atoms with Gasteiger partial charge < -0.3 is 10.1 Å². The van der Waals surface area contributed by atoms with E-state index in [0.717, 1.165) is 5.56 Å². The van der Waals surface area contributed by atoms with Gasteiger partial charge in [-0.2, -0.15) is 5.10 Å². The average Bonchev–Trinajstić information content (AvgIpc) is 2.66. The molecule has 9 heteroatoms. The van der Waals surface area contributed by atoms with Crippen LogP contribution in [0.15, 0.2) is 53.6 Å². The first-order valence-corrected chi connectivity index (χ1v) is 7.49. The third-order valence-corrected chi connectivity index (χ3v) is 3.28. The summed E-state index contributed by atoms with van der Waals surface area (Å²) < 4.78 is 4.89. The summed E-state index contributed by atoms with van der Waals surface area (Å²) in [5.41, 5.74) is 3.04. The van der Waals surface area contributed by atoms with Crippen LogP contribution in [-0.2, 0) is 16.1 Å². The summed E-state index contributed by atoms with van der Waals surface area (Å²) in [6.45, 7) is 0.210. The van der Waals surface area contributed by atoms with Crippen LogP contribution >= 0.6 is 0 Å². The van der Waals surface area contributed by atoms with Gasteiger partial charge in [-0.15, -0.1) is 0 Å². The van der Waals surface area contributed by atoms with Gasteiger partial charge in [0.15, 0.2) is 5.75 Å². The lowest BCUT2D eigenvalue weighted by Gasteiger charge is -2.04. The van der Waals surface area contributed by atoms with E-state index in [1.807, 2.05) is 30.3 Å². The van der Waals surface area contributed by atoms with E-state index < -0.39 is 16.7 Å². The van der Waals surface area contributed by atoms with Crippen LogP contribution in [0.5, 0.6) is 5.75 Å². The van der Waals surface area contributed by atoms with Gasteiger partial charge in [0.1, 0.15) is 0 Å². The number of methoxy groups -OCH3 is 1. The lowest BCUT2D eigenvalue weighted by molar-refractivity contribution is -0.385.